The smallest absolute Gasteiger partial charge is 0.314 e. The molecule has 1 fully saturated rings. The second kappa shape index (κ2) is 9.47. The number of carbonyl (C=O) groups excluding carboxylic acids is 1. The van der Waals surface area contributed by atoms with Crippen molar-refractivity contribution < 1.29 is 24.2 Å². The number of carboxylic acid groups (broad SMARTS) is 1. The van der Waals surface area contributed by atoms with E-state index in [0.29, 0.717) is 18.5 Å². The molecule has 0 aromatic heterocycles. The molecule has 2 atom stereocenters. The van der Waals surface area contributed by atoms with E-state index in [1.165, 1.54) is 23.1 Å². The maximum absolute atomic E-state index is 13.6. The number of piperidine rings is 1. The van der Waals surface area contributed by atoms with Crippen LogP contribution in [0.4, 0.5) is 10.1 Å². The highest BCUT2D eigenvalue weighted by atomic mass is 19.1. The average Bonchev–Trinajstić information content (AvgIpc) is 2.73. The number of rotatable bonds is 7. The molecule has 2 N–H and O–H groups in total. The molecule has 31 heavy (non-hydrogen) atoms. The lowest BCUT2D eigenvalue weighted by Gasteiger charge is -2.43. The van der Waals surface area contributed by atoms with Crippen LogP contribution in [0.1, 0.15) is 24.0 Å². The van der Waals surface area contributed by atoms with Crippen LogP contribution in [-0.4, -0.2) is 60.3 Å². The summed E-state index contributed by atoms with van der Waals surface area (Å²) in [5.74, 6) is -1.79. The van der Waals surface area contributed by atoms with Crippen LogP contribution in [0.25, 0.3) is 0 Å². The van der Waals surface area contributed by atoms with Crippen LogP contribution in [-0.2, 0) is 22.4 Å². The first-order valence-corrected chi connectivity index (χ1v) is 10.4. The topological polar surface area (TPSA) is 81.1 Å². The van der Waals surface area contributed by atoms with Crippen LogP contribution in [0, 0.1) is 11.2 Å². The number of halogens is 1. The number of benzene rings is 2. The average molecular weight is 429 g/mol. The predicted octanol–water partition coefficient (Wildman–Crippen LogP) is 2.73. The standard InChI is InChI=1S/C24H29FN2O4/c1-26(2)20-9-6-17(7-10-20)8-11-22(29)27-13-12-21(28)24(16-27,23(30)31)15-18-4-3-5-19(25)14-18/h3-7,9-10,14,21,28H,8,11-13,15-16H2,1-2H3,(H,30,31)/t21-,24-/m1/s1. The first-order chi connectivity index (χ1) is 14.7. The van der Waals surface area contributed by atoms with Crippen LogP contribution in [0.2, 0.25) is 0 Å². The summed E-state index contributed by atoms with van der Waals surface area (Å²) in [5.41, 5.74) is 1.02. The maximum atomic E-state index is 13.6. The van der Waals surface area contributed by atoms with Gasteiger partial charge < -0.3 is 20.0 Å². The minimum atomic E-state index is -1.56. The van der Waals surface area contributed by atoms with Gasteiger partial charge in [0.15, 0.2) is 0 Å². The third kappa shape index (κ3) is 5.22. The van der Waals surface area contributed by atoms with E-state index in [-0.39, 0.29) is 31.7 Å². The summed E-state index contributed by atoms with van der Waals surface area (Å²) in [4.78, 5) is 28.6. The highest BCUT2D eigenvalue weighted by molar-refractivity contribution is 5.80. The number of anilines is 1. The van der Waals surface area contributed by atoms with Gasteiger partial charge in [0, 0.05) is 39.3 Å². The van der Waals surface area contributed by atoms with Gasteiger partial charge in [-0.2, -0.15) is 0 Å². The molecule has 0 unspecified atom stereocenters. The van der Waals surface area contributed by atoms with Gasteiger partial charge in [0.2, 0.25) is 5.91 Å². The summed E-state index contributed by atoms with van der Waals surface area (Å²) in [5, 5.41) is 20.6. The van der Waals surface area contributed by atoms with Crippen molar-refractivity contribution in [1.82, 2.24) is 4.90 Å². The molecule has 0 bridgehead atoms. The fourth-order valence-electron chi connectivity index (χ4n) is 4.13. The molecule has 6 nitrogen and oxygen atoms in total. The fourth-order valence-corrected chi connectivity index (χ4v) is 4.13. The second-order valence-electron chi connectivity index (χ2n) is 8.45. The zero-order valence-corrected chi connectivity index (χ0v) is 17.9. The minimum Gasteiger partial charge on any atom is -0.481 e. The van der Waals surface area contributed by atoms with Crippen LogP contribution >= 0.6 is 0 Å². The number of aliphatic hydroxyl groups is 1. The molecule has 2 aromatic rings. The predicted molar refractivity (Wildman–Crippen MR) is 116 cm³/mol. The molecule has 1 aliphatic rings. The van der Waals surface area contributed by atoms with Crippen LogP contribution in [0.15, 0.2) is 48.5 Å². The van der Waals surface area contributed by atoms with Crippen molar-refractivity contribution in [3.63, 3.8) is 0 Å². The number of nitrogens with zero attached hydrogens (tertiary/aromatic N) is 2. The van der Waals surface area contributed by atoms with E-state index in [0.717, 1.165) is 11.3 Å². The highest BCUT2D eigenvalue weighted by Gasteiger charge is 2.50. The Kier molecular flexibility index (Phi) is 6.95. The summed E-state index contributed by atoms with van der Waals surface area (Å²) in [6.07, 6.45) is -0.180. The fraction of sp³-hybridized carbons (Fsp3) is 0.417. The van der Waals surface area contributed by atoms with Gasteiger partial charge in [-0.15, -0.1) is 0 Å². The lowest BCUT2D eigenvalue weighted by molar-refractivity contribution is -0.165. The number of carbonyl (C=O) groups is 2. The van der Waals surface area contributed by atoms with Gasteiger partial charge >= 0.3 is 5.97 Å². The Morgan fingerprint density at radius 1 is 1.16 bits per heavy atom. The molecule has 1 heterocycles. The van der Waals surface area contributed by atoms with E-state index in [4.69, 9.17) is 0 Å². The van der Waals surface area contributed by atoms with Crippen molar-refractivity contribution in [3.05, 3.63) is 65.5 Å². The quantitative estimate of drug-likeness (QED) is 0.709. The van der Waals surface area contributed by atoms with Crippen molar-refractivity contribution in [2.24, 2.45) is 5.41 Å². The van der Waals surface area contributed by atoms with E-state index < -0.39 is 23.3 Å². The Labute approximate surface area is 181 Å². The zero-order chi connectivity index (χ0) is 22.6. The summed E-state index contributed by atoms with van der Waals surface area (Å²) in [6, 6.07) is 13.7. The zero-order valence-electron chi connectivity index (χ0n) is 17.9. The lowest BCUT2D eigenvalue weighted by atomic mass is 9.72. The Morgan fingerprint density at radius 3 is 2.48 bits per heavy atom. The summed E-state index contributed by atoms with van der Waals surface area (Å²) in [6.45, 7) is 0.205. The summed E-state index contributed by atoms with van der Waals surface area (Å²) >= 11 is 0. The van der Waals surface area contributed by atoms with Gasteiger partial charge in [0.1, 0.15) is 11.2 Å². The van der Waals surface area contributed by atoms with Gasteiger partial charge in [0.25, 0.3) is 0 Å². The van der Waals surface area contributed by atoms with Crippen LogP contribution in [0.5, 0.6) is 0 Å². The van der Waals surface area contributed by atoms with E-state index in [1.807, 2.05) is 43.3 Å². The Morgan fingerprint density at radius 2 is 1.87 bits per heavy atom. The third-order valence-corrected chi connectivity index (χ3v) is 6.05. The molecule has 7 heteroatoms. The molecule has 166 valence electrons. The number of carboxylic acids is 1. The molecule has 3 rings (SSSR count). The van der Waals surface area contributed by atoms with Gasteiger partial charge in [-0.25, -0.2) is 4.39 Å². The molecule has 0 saturated carbocycles. The molecular weight excluding hydrogens is 399 g/mol. The number of aryl methyl sites for hydroxylation is 1. The monoisotopic (exact) mass is 428 g/mol. The number of aliphatic hydroxyl groups excluding tert-OH is 1. The first kappa shape index (κ1) is 22.7. The van der Waals surface area contributed by atoms with Gasteiger partial charge in [-0.3, -0.25) is 9.59 Å². The molecule has 1 saturated heterocycles. The number of hydrogen-bond acceptors (Lipinski definition) is 4. The highest BCUT2D eigenvalue weighted by Crippen LogP contribution is 2.35. The molecule has 0 aliphatic carbocycles. The molecule has 0 radical (unpaired) electrons. The largest absolute Gasteiger partial charge is 0.481 e. The molecule has 1 amide bonds. The number of likely N-dealkylation sites (tertiary alicyclic amines) is 1. The Bertz CT molecular complexity index is 931. The molecular formula is C24H29FN2O4. The number of hydrogen-bond donors (Lipinski definition) is 2. The van der Waals surface area contributed by atoms with Crippen molar-refractivity contribution in [2.45, 2.75) is 31.8 Å². The van der Waals surface area contributed by atoms with Crippen molar-refractivity contribution in [2.75, 3.05) is 32.1 Å². The Balaban J connectivity index is 1.70. The SMILES string of the molecule is CN(C)c1ccc(CCC(=O)N2CC[C@@H](O)[C@](Cc3cccc(F)c3)(C(=O)O)C2)cc1. The van der Waals surface area contributed by atoms with Crippen LogP contribution < -0.4 is 4.90 Å². The van der Waals surface area contributed by atoms with Crippen molar-refractivity contribution in [3.8, 4) is 0 Å². The maximum Gasteiger partial charge on any atom is 0.314 e. The van der Waals surface area contributed by atoms with Crippen molar-refractivity contribution >= 4 is 17.6 Å². The second-order valence-corrected chi connectivity index (χ2v) is 8.45. The van der Waals surface area contributed by atoms with Crippen LogP contribution in [0.3, 0.4) is 0 Å². The summed E-state index contributed by atoms with van der Waals surface area (Å²) in [7, 11) is 3.92. The van der Waals surface area contributed by atoms with Gasteiger partial charge in [-0.05, 0) is 54.7 Å². The van der Waals surface area contributed by atoms with E-state index in [2.05, 4.69) is 0 Å². The molecule has 0 spiro atoms. The van der Waals surface area contributed by atoms with E-state index in [1.54, 1.807) is 6.07 Å². The van der Waals surface area contributed by atoms with E-state index in [9.17, 15) is 24.2 Å². The van der Waals surface area contributed by atoms with E-state index >= 15 is 0 Å². The lowest BCUT2D eigenvalue weighted by Crippen LogP contribution is -2.58. The minimum absolute atomic E-state index is 0.0446. The molecule has 2 aromatic carbocycles. The van der Waals surface area contributed by atoms with Gasteiger partial charge in [0.05, 0.1) is 6.10 Å². The van der Waals surface area contributed by atoms with Gasteiger partial charge in [-0.1, -0.05) is 24.3 Å². The number of aliphatic carboxylic acids is 1. The first-order valence-electron chi connectivity index (χ1n) is 10.4. The molecule has 1 aliphatic heterocycles. The summed E-state index contributed by atoms with van der Waals surface area (Å²) < 4.78 is 13.6. The normalized spacial score (nSPS) is 21.0. The number of amides is 1. The Hall–Kier alpha value is -2.93. The third-order valence-electron chi connectivity index (χ3n) is 6.05. The van der Waals surface area contributed by atoms with Crippen molar-refractivity contribution in [1.29, 1.82) is 0 Å².